The van der Waals surface area contributed by atoms with Crippen LogP contribution in [0.3, 0.4) is 0 Å². The van der Waals surface area contributed by atoms with Gasteiger partial charge in [0.1, 0.15) is 6.04 Å². The molecule has 88 valence electrons. The van der Waals surface area contributed by atoms with Crippen LogP contribution in [0.1, 0.15) is 24.5 Å². The Hall–Kier alpha value is -1.35. The molecule has 0 saturated heterocycles. The van der Waals surface area contributed by atoms with Gasteiger partial charge in [-0.1, -0.05) is 37.6 Å². The largest absolute Gasteiger partial charge is 0.468 e. The molecule has 0 radical (unpaired) electrons. The molecular weight excluding hydrogens is 202 g/mol. The van der Waals surface area contributed by atoms with E-state index in [1.165, 1.54) is 12.7 Å². The lowest BCUT2D eigenvalue weighted by Gasteiger charge is -2.09. The maximum absolute atomic E-state index is 11.1. The van der Waals surface area contributed by atoms with E-state index >= 15 is 0 Å². The number of carbonyl (C=O) groups is 1. The second kappa shape index (κ2) is 6.28. The molecule has 16 heavy (non-hydrogen) atoms. The molecule has 1 aromatic carbocycles. The number of hydrogen-bond donors (Lipinski definition) is 1. The van der Waals surface area contributed by atoms with Crippen LogP contribution in [-0.4, -0.2) is 19.1 Å². The highest BCUT2D eigenvalue weighted by molar-refractivity contribution is 5.75. The number of nitrogens with two attached hydrogens (primary N) is 1. The third kappa shape index (κ3) is 3.66. The number of hydrogen-bond acceptors (Lipinski definition) is 3. The maximum Gasteiger partial charge on any atom is 0.322 e. The monoisotopic (exact) mass is 221 g/mol. The van der Waals surface area contributed by atoms with Gasteiger partial charge in [-0.05, 0) is 24.0 Å². The van der Waals surface area contributed by atoms with Gasteiger partial charge in [-0.15, -0.1) is 0 Å². The molecule has 0 aliphatic heterocycles. The molecule has 0 unspecified atom stereocenters. The van der Waals surface area contributed by atoms with E-state index in [1.807, 2.05) is 12.1 Å². The molecule has 0 aliphatic carbocycles. The minimum Gasteiger partial charge on any atom is -0.468 e. The van der Waals surface area contributed by atoms with Crippen molar-refractivity contribution < 1.29 is 9.53 Å². The fraction of sp³-hybridized carbons (Fsp3) is 0.462. The lowest BCUT2D eigenvalue weighted by Crippen LogP contribution is -2.33. The van der Waals surface area contributed by atoms with Crippen molar-refractivity contribution in [3.63, 3.8) is 0 Å². The van der Waals surface area contributed by atoms with E-state index in [0.717, 1.165) is 18.4 Å². The van der Waals surface area contributed by atoms with Crippen LogP contribution in [0.15, 0.2) is 24.3 Å². The molecule has 0 spiro atoms. The first-order valence-electron chi connectivity index (χ1n) is 5.58. The van der Waals surface area contributed by atoms with Crippen molar-refractivity contribution >= 4 is 5.97 Å². The van der Waals surface area contributed by atoms with E-state index in [2.05, 4.69) is 23.8 Å². The topological polar surface area (TPSA) is 52.3 Å². The van der Waals surface area contributed by atoms with Crippen LogP contribution in [0.25, 0.3) is 0 Å². The number of ether oxygens (including phenoxy) is 1. The summed E-state index contributed by atoms with van der Waals surface area (Å²) in [5.41, 5.74) is 8.07. The predicted octanol–water partition coefficient (Wildman–Crippen LogP) is 1.68. The number of methoxy groups -OCH3 is 1. The zero-order valence-electron chi connectivity index (χ0n) is 9.90. The Morgan fingerprint density at radius 1 is 1.31 bits per heavy atom. The number of esters is 1. The number of aryl methyl sites for hydroxylation is 1. The van der Waals surface area contributed by atoms with Crippen LogP contribution in [0.4, 0.5) is 0 Å². The maximum atomic E-state index is 11.1. The molecule has 0 fully saturated rings. The Balaban J connectivity index is 2.58. The van der Waals surface area contributed by atoms with Gasteiger partial charge in [0.2, 0.25) is 0 Å². The highest BCUT2D eigenvalue weighted by Crippen LogP contribution is 2.08. The quantitative estimate of drug-likeness (QED) is 0.770. The number of benzene rings is 1. The fourth-order valence-electron chi connectivity index (χ4n) is 1.62. The standard InChI is InChI=1S/C13H19NO2/c1-3-4-10-5-7-11(8-6-10)9-12(14)13(15)16-2/h5-8,12H,3-4,9,14H2,1-2H3/t12-/m1/s1. The molecule has 2 N–H and O–H groups in total. The molecule has 1 rings (SSSR count). The molecule has 3 nitrogen and oxygen atoms in total. The normalized spacial score (nSPS) is 12.2. The van der Waals surface area contributed by atoms with Gasteiger partial charge >= 0.3 is 5.97 Å². The van der Waals surface area contributed by atoms with Gasteiger partial charge in [0.25, 0.3) is 0 Å². The zero-order chi connectivity index (χ0) is 12.0. The molecule has 1 aromatic rings. The summed E-state index contributed by atoms with van der Waals surface area (Å²) in [5.74, 6) is -0.363. The summed E-state index contributed by atoms with van der Waals surface area (Å²) in [4.78, 5) is 11.1. The SMILES string of the molecule is CCCc1ccc(C[C@@H](N)C(=O)OC)cc1. The minimum absolute atomic E-state index is 0.363. The van der Waals surface area contributed by atoms with E-state index in [0.29, 0.717) is 6.42 Å². The smallest absolute Gasteiger partial charge is 0.322 e. The van der Waals surface area contributed by atoms with Gasteiger partial charge < -0.3 is 10.5 Å². The van der Waals surface area contributed by atoms with Crippen LogP contribution in [0.5, 0.6) is 0 Å². The summed E-state index contributed by atoms with van der Waals surface area (Å²) in [5, 5.41) is 0. The van der Waals surface area contributed by atoms with Crippen LogP contribution in [0, 0.1) is 0 Å². The average molecular weight is 221 g/mol. The van der Waals surface area contributed by atoms with Crippen molar-refractivity contribution in [2.24, 2.45) is 5.73 Å². The Labute approximate surface area is 96.6 Å². The minimum atomic E-state index is -0.568. The van der Waals surface area contributed by atoms with E-state index < -0.39 is 6.04 Å². The first-order chi connectivity index (χ1) is 7.67. The second-order valence-corrected chi connectivity index (χ2v) is 3.90. The Kier molecular flexibility index (Phi) is 4.99. The van der Waals surface area contributed by atoms with Crippen molar-refractivity contribution in [2.75, 3.05) is 7.11 Å². The molecule has 0 amide bonds. The van der Waals surface area contributed by atoms with Crippen LogP contribution in [-0.2, 0) is 22.4 Å². The zero-order valence-corrected chi connectivity index (χ0v) is 9.90. The summed E-state index contributed by atoms with van der Waals surface area (Å²) in [6, 6.07) is 7.65. The first kappa shape index (κ1) is 12.7. The van der Waals surface area contributed by atoms with E-state index in [-0.39, 0.29) is 5.97 Å². The van der Waals surface area contributed by atoms with Gasteiger partial charge in [0.05, 0.1) is 7.11 Å². The fourth-order valence-corrected chi connectivity index (χ4v) is 1.62. The highest BCUT2D eigenvalue weighted by Gasteiger charge is 2.13. The average Bonchev–Trinajstić information content (AvgIpc) is 2.31. The van der Waals surface area contributed by atoms with Gasteiger partial charge in [-0.3, -0.25) is 4.79 Å². The van der Waals surface area contributed by atoms with Gasteiger partial charge in [0.15, 0.2) is 0 Å². The van der Waals surface area contributed by atoms with Crippen molar-refractivity contribution in [3.8, 4) is 0 Å². The third-order valence-electron chi connectivity index (χ3n) is 2.52. The van der Waals surface area contributed by atoms with Gasteiger partial charge in [-0.2, -0.15) is 0 Å². The summed E-state index contributed by atoms with van der Waals surface area (Å²) in [6.07, 6.45) is 2.75. The Morgan fingerprint density at radius 2 is 1.88 bits per heavy atom. The summed E-state index contributed by atoms with van der Waals surface area (Å²) in [7, 11) is 1.35. The van der Waals surface area contributed by atoms with Crippen molar-refractivity contribution in [3.05, 3.63) is 35.4 Å². The molecule has 1 atom stereocenters. The first-order valence-corrected chi connectivity index (χ1v) is 5.58. The Bertz CT molecular complexity index is 332. The molecular formula is C13H19NO2. The van der Waals surface area contributed by atoms with Crippen molar-refractivity contribution in [1.29, 1.82) is 0 Å². The summed E-state index contributed by atoms with van der Waals surface area (Å²) in [6.45, 7) is 2.15. The lowest BCUT2D eigenvalue weighted by atomic mass is 10.0. The molecule has 0 saturated carbocycles. The summed E-state index contributed by atoms with van der Waals surface area (Å²) < 4.78 is 4.58. The molecule has 3 heteroatoms. The molecule has 0 bridgehead atoms. The van der Waals surface area contributed by atoms with Crippen molar-refractivity contribution in [1.82, 2.24) is 0 Å². The van der Waals surface area contributed by atoms with Gasteiger partial charge in [-0.25, -0.2) is 0 Å². The van der Waals surface area contributed by atoms with Crippen LogP contribution >= 0.6 is 0 Å². The van der Waals surface area contributed by atoms with E-state index in [4.69, 9.17) is 5.73 Å². The van der Waals surface area contributed by atoms with E-state index in [9.17, 15) is 4.79 Å². The number of rotatable bonds is 5. The molecule has 0 aliphatic rings. The van der Waals surface area contributed by atoms with Gasteiger partial charge in [0, 0.05) is 0 Å². The second-order valence-electron chi connectivity index (χ2n) is 3.90. The highest BCUT2D eigenvalue weighted by atomic mass is 16.5. The third-order valence-corrected chi connectivity index (χ3v) is 2.52. The molecule has 0 aromatic heterocycles. The lowest BCUT2D eigenvalue weighted by molar-refractivity contribution is -0.142. The number of carbonyl (C=O) groups excluding carboxylic acids is 1. The van der Waals surface area contributed by atoms with Crippen LogP contribution < -0.4 is 5.73 Å². The van der Waals surface area contributed by atoms with Crippen molar-refractivity contribution in [2.45, 2.75) is 32.2 Å². The Morgan fingerprint density at radius 3 is 2.38 bits per heavy atom. The van der Waals surface area contributed by atoms with Crippen LogP contribution in [0.2, 0.25) is 0 Å². The molecule has 0 heterocycles. The summed E-state index contributed by atoms with van der Waals surface area (Å²) >= 11 is 0. The van der Waals surface area contributed by atoms with E-state index in [1.54, 1.807) is 0 Å². The predicted molar refractivity (Wildman–Crippen MR) is 64.1 cm³/mol.